The van der Waals surface area contributed by atoms with E-state index in [9.17, 15) is 4.79 Å². The van der Waals surface area contributed by atoms with Crippen LogP contribution < -0.4 is 10.6 Å². The fraction of sp³-hybridized carbons (Fsp3) is 0.667. The van der Waals surface area contributed by atoms with Gasteiger partial charge in [-0.05, 0) is 37.6 Å². The summed E-state index contributed by atoms with van der Waals surface area (Å²) in [7, 11) is 2.02. The van der Waals surface area contributed by atoms with Gasteiger partial charge in [0.1, 0.15) is 6.54 Å². The fourth-order valence-electron chi connectivity index (χ4n) is 2.98. The molecule has 6 heteroatoms. The van der Waals surface area contributed by atoms with Crippen molar-refractivity contribution in [2.24, 2.45) is 4.99 Å². The quantitative estimate of drug-likeness (QED) is 0.587. The summed E-state index contributed by atoms with van der Waals surface area (Å²) in [6.45, 7) is 3.93. The highest BCUT2D eigenvalue weighted by Gasteiger charge is 2.15. The summed E-state index contributed by atoms with van der Waals surface area (Å²) in [5, 5.41) is 8.49. The number of rotatable bonds is 7. The van der Waals surface area contributed by atoms with E-state index < -0.39 is 0 Å². The molecule has 2 rings (SSSR count). The number of amides is 1. The molecule has 0 unspecified atom stereocenters. The lowest BCUT2D eigenvalue weighted by Gasteiger charge is -2.23. The van der Waals surface area contributed by atoms with E-state index in [4.69, 9.17) is 0 Å². The van der Waals surface area contributed by atoms with E-state index in [1.54, 1.807) is 11.3 Å². The zero-order valence-corrected chi connectivity index (χ0v) is 15.7. The highest BCUT2D eigenvalue weighted by atomic mass is 32.1. The average molecular weight is 351 g/mol. The minimum Gasteiger partial charge on any atom is -0.357 e. The van der Waals surface area contributed by atoms with Crippen molar-refractivity contribution >= 4 is 23.2 Å². The molecule has 1 aliphatic rings. The Kier molecular flexibility index (Phi) is 8.08. The van der Waals surface area contributed by atoms with Crippen LogP contribution in [0.2, 0.25) is 0 Å². The molecule has 1 heterocycles. The van der Waals surface area contributed by atoms with Gasteiger partial charge in [0.15, 0.2) is 5.96 Å². The van der Waals surface area contributed by atoms with Gasteiger partial charge in [0, 0.05) is 31.1 Å². The number of likely N-dealkylation sites (N-methyl/N-ethyl adjacent to an activating group) is 1. The zero-order valence-electron chi connectivity index (χ0n) is 14.9. The van der Waals surface area contributed by atoms with Gasteiger partial charge in [-0.15, -0.1) is 11.3 Å². The van der Waals surface area contributed by atoms with Crippen LogP contribution in [-0.4, -0.2) is 49.5 Å². The van der Waals surface area contributed by atoms with Gasteiger partial charge in [-0.1, -0.05) is 25.3 Å². The van der Waals surface area contributed by atoms with Crippen molar-refractivity contribution in [1.82, 2.24) is 15.5 Å². The third kappa shape index (κ3) is 6.51. The first-order chi connectivity index (χ1) is 11.7. The predicted octanol–water partition coefficient (Wildman–Crippen LogP) is 2.64. The monoisotopic (exact) mass is 350 g/mol. The van der Waals surface area contributed by atoms with Crippen LogP contribution in [0, 0.1) is 0 Å². The first-order valence-corrected chi connectivity index (χ1v) is 9.88. The van der Waals surface area contributed by atoms with Crippen molar-refractivity contribution in [2.45, 2.75) is 51.5 Å². The van der Waals surface area contributed by atoms with Crippen molar-refractivity contribution in [1.29, 1.82) is 0 Å². The first-order valence-electron chi connectivity index (χ1n) is 9.00. The summed E-state index contributed by atoms with van der Waals surface area (Å²) in [5.41, 5.74) is 0. The Hall–Kier alpha value is -1.56. The molecule has 5 nitrogen and oxygen atoms in total. The van der Waals surface area contributed by atoms with Crippen molar-refractivity contribution in [2.75, 3.05) is 26.7 Å². The van der Waals surface area contributed by atoms with Crippen LogP contribution in [0.1, 0.15) is 43.9 Å². The number of guanidine groups is 1. The summed E-state index contributed by atoms with van der Waals surface area (Å²) in [5.74, 6) is 0.830. The second-order valence-corrected chi connectivity index (χ2v) is 7.36. The SMILES string of the molecule is CCNC(=NCC(=O)NC1CCCCC1)N(C)CCc1cccs1. The molecule has 0 aliphatic heterocycles. The molecule has 1 aromatic heterocycles. The van der Waals surface area contributed by atoms with Gasteiger partial charge in [0.05, 0.1) is 0 Å². The lowest BCUT2D eigenvalue weighted by atomic mass is 9.95. The molecule has 1 saturated carbocycles. The number of carbonyl (C=O) groups is 1. The summed E-state index contributed by atoms with van der Waals surface area (Å²) in [6.07, 6.45) is 6.95. The average Bonchev–Trinajstić information content (AvgIpc) is 3.11. The predicted molar refractivity (Wildman–Crippen MR) is 102 cm³/mol. The molecule has 0 spiro atoms. The molecule has 1 fully saturated rings. The Labute approximate surface area is 149 Å². The molecule has 1 amide bonds. The molecule has 0 bridgehead atoms. The summed E-state index contributed by atoms with van der Waals surface area (Å²) in [6, 6.07) is 4.58. The van der Waals surface area contributed by atoms with Crippen LogP contribution in [0.4, 0.5) is 0 Å². The minimum absolute atomic E-state index is 0.0314. The molecule has 2 N–H and O–H groups in total. The van der Waals surface area contributed by atoms with Gasteiger partial charge in [0.25, 0.3) is 0 Å². The van der Waals surface area contributed by atoms with Gasteiger partial charge < -0.3 is 15.5 Å². The third-order valence-electron chi connectivity index (χ3n) is 4.31. The Balaban J connectivity index is 1.80. The number of thiophene rings is 1. The summed E-state index contributed by atoms with van der Waals surface area (Å²) in [4.78, 5) is 20.1. The second-order valence-electron chi connectivity index (χ2n) is 6.32. The smallest absolute Gasteiger partial charge is 0.242 e. The molecular weight excluding hydrogens is 320 g/mol. The van der Waals surface area contributed by atoms with E-state index in [2.05, 4.69) is 38.0 Å². The van der Waals surface area contributed by atoms with Crippen LogP contribution >= 0.6 is 11.3 Å². The van der Waals surface area contributed by atoms with Crippen molar-refractivity contribution in [3.8, 4) is 0 Å². The normalized spacial score (nSPS) is 16.0. The number of hydrogen-bond donors (Lipinski definition) is 2. The van der Waals surface area contributed by atoms with E-state index in [-0.39, 0.29) is 12.5 Å². The van der Waals surface area contributed by atoms with Gasteiger partial charge in [0.2, 0.25) is 5.91 Å². The molecule has 0 aromatic carbocycles. The molecule has 1 aliphatic carbocycles. The van der Waals surface area contributed by atoms with E-state index in [0.717, 1.165) is 38.3 Å². The van der Waals surface area contributed by atoms with Crippen molar-refractivity contribution in [3.63, 3.8) is 0 Å². The molecular formula is C18H30N4OS. The fourth-order valence-corrected chi connectivity index (χ4v) is 3.67. The molecule has 1 aromatic rings. The third-order valence-corrected chi connectivity index (χ3v) is 5.25. The van der Waals surface area contributed by atoms with Crippen LogP contribution in [0.15, 0.2) is 22.5 Å². The largest absolute Gasteiger partial charge is 0.357 e. The van der Waals surface area contributed by atoms with Gasteiger partial charge in [-0.2, -0.15) is 0 Å². The van der Waals surface area contributed by atoms with Crippen molar-refractivity contribution < 1.29 is 4.79 Å². The summed E-state index contributed by atoms with van der Waals surface area (Å²) >= 11 is 1.78. The van der Waals surface area contributed by atoms with Gasteiger partial charge >= 0.3 is 0 Å². The maximum absolute atomic E-state index is 12.1. The summed E-state index contributed by atoms with van der Waals surface area (Å²) < 4.78 is 0. The van der Waals surface area contributed by atoms with Gasteiger partial charge in [-0.25, -0.2) is 4.99 Å². The van der Waals surface area contributed by atoms with E-state index in [0.29, 0.717) is 6.04 Å². The number of hydrogen-bond acceptors (Lipinski definition) is 3. The molecule has 134 valence electrons. The van der Waals surface area contributed by atoms with Gasteiger partial charge in [-0.3, -0.25) is 4.79 Å². The second kappa shape index (κ2) is 10.3. The Bertz CT molecular complexity index is 509. The number of nitrogens with zero attached hydrogens (tertiary/aromatic N) is 2. The molecule has 0 radical (unpaired) electrons. The molecule has 24 heavy (non-hydrogen) atoms. The topological polar surface area (TPSA) is 56.7 Å². The van der Waals surface area contributed by atoms with Crippen LogP contribution in [-0.2, 0) is 11.2 Å². The zero-order chi connectivity index (χ0) is 17.2. The maximum atomic E-state index is 12.1. The van der Waals surface area contributed by atoms with Crippen LogP contribution in [0.5, 0.6) is 0 Å². The lowest BCUT2D eigenvalue weighted by molar-refractivity contribution is -0.120. The first kappa shape index (κ1) is 18.8. The Morgan fingerprint density at radius 1 is 1.38 bits per heavy atom. The minimum atomic E-state index is 0.0314. The number of aliphatic imine (C=N–C) groups is 1. The van der Waals surface area contributed by atoms with E-state index in [1.807, 2.05) is 14.0 Å². The highest BCUT2D eigenvalue weighted by molar-refractivity contribution is 7.09. The maximum Gasteiger partial charge on any atom is 0.242 e. The standard InChI is InChI=1S/C18H30N4OS/c1-3-19-18(22(2)12-11-16-10-7-13-24-16)20-14-17(23)21-15-8-5-4-6-9-15/h7,10,13,15H,3-6,8-9,11-12,14H2,1-2H3,(H,19,20)(H,21,23). The van der Waals surface area contributed by atoms with E-state index in [1.165, 1.54) is 24.1 Å². The van der Waals surface area contributed by atoms with E-state index >= 15 is 0 Å². The Morgan fingerprint density at radius 2 is 2.17 bits per heavy atom. The highest BCUT2D eigenvalue weighted by Crippen LogP contribution is 2.17. The van der Waals surface area contributed by atoms with Crippen molar-refractivity contribution in [3.05, 3.63) is 22.4 Å². The van der Waals surface area contributed by atoms with Crippen LogP contribution in [0.25, 0.3) is 0 Å². The number of carbonyl (C=O) groups excluding carboxylic acids is 1. The Morgan fingerprint density at radius 3 is 2.83 bits per heavy atom. The lowest BCUT2D eigenvalue weighted by Crippen LogP contribution is -2.42. The number of nitrogens with one attached hydrogen (secondary N) is 2. The molecule has 0 atom stereocenters. The van der Waals surface area contributed by atoms with Crippen LogP contribution in [0.3, 0.4) is 0 Å². The molecule has 0 saturated heterocycles.